The van der Waals surface area contributed by atoms with E-state index in [1.54, 1.807) is 7.11 Å². The summed E-state index contributed by atoms with van der Waals surface area (Å²) >= 11 is 0. The molecule has 2 atom stereocenters. The van der Waals surface area contributed by atoms with E-state index in [1.165, 1.54) is 5.69 Å². The lowest BCUT2D eigenvalue weighted by molar-refractivity contribution is 0.0536. The van der Waals surface area contributed by atoms with Gasteiger partial charge in [-0.3, -0.25) is 9.89 Å². The van der Waals surface area contributed by atoms with Gasteiger partial charge in [0.05, 0.1) is 19.8 Å². The summed E-state index contributed by atoms with van der Waals surface area (Å²) in [5.41, 5.74) is 1.33. The molecule has 0 radical (unpaired) electrons. The number of nitrogens with one attached hydrogen (secondary N) is 1. The summed E-state index contributed by atoms with van der Waals surface area (Å²) in [6, 6.07) is 11.2. The lowest BCUT2D eigenvalue weighted by Gasteiger charge is -2.39. The Morgan fingerprint density at radius 2 is 1.87 bits per heavy atom. The van der Waals surface area contributed by atoms with E-state index in [4.69, 9.17) is 9.47 Å². The summed E-state index contributed by atoms with van der Waals surface area (Å²) in [4.78, 5) is 12.0. The molecular weight excluding hydrogens is 505 g/mol. The van der Waals surface area contributed by atoms with Gasteiger partial charge in [-0.2, -0.15) is 0 Å². The number of benzene rings is 1. The van der Waals surface area contributed by atoms with Crippen molar-refractivity contribution < 1.29 is 9.47 Å². The average Bonchev–Trinajstić information content (AvgIpc) is 3.26. The molecule has 0 bridgehead atoms. The second-order valence-electron chi connectivity index (χ2n) is 8.30. The van der Waals surface area contributed by atoms with Crippen LogP contribution in [0.2, 0.25) is 0 Å². The average molecular weight is 546 g/mol. The van der Waals surface area contributed by atoms with Gasteiger partial charge >= 0.3 is 0 Å². The van der Waals surface area contributed by atoms with Gasteiger partial charge in [0.2, 0.25) is 0 Å². The van der Waals surface area contributed by atoms with Crippen LogP contribution in [0.25, 0.3) is 0 Å². The third kappa shape index (κ3) is 8.07. The number of piperazine rings is 1. The number of nitrogens with zero attached hydrogens (tertiary/aromatic N) is 4. The Labute approximate surface area is 205 Å². The Morgan fingerprint density at radius 1 is 1.13 bits per heavy atom. The van der Waals surface area contributed by atoms with E-state index in [0.29, 0.717) is 25.2 Å². The van der Waals surface area contributed by atoms with E-state index < -0.39 is 0 Å². The Morgan fingerprint density at radius 3 is 2.55 bits per heavy atom. The summed E-state index contributed by atoms with van der Waals surface area (Å²) in [5, 5.41) is 3.61. The molecule has 2 aliphatic rings. The smallest absolute Gasteiger partial charge is 0.193 e. The molecule has 31 heavy (non-hydrogen) atoms. The molecule has 1 N–H and O–H groups in total. The SMILES string of the molecule is CN=C(NCC(C)N1CCN(c2ccccc2)CC1)N1CCC(COCCOC)C1.I. The molecule has 0 amide bonds. The van der Waals surface area contributed by atoms with Crippen molar-refractivity contribution in [3.8, 4) is 0 Å². The molecule has 2 aliphatic heterocycles. The molecule has 7 nitrogen and oxygen atoms in total. The largest absolute Gasteiger partial charge is 0.382 e. The third-order valence-electron chi connectivity index (χ3n) is 6.20. The zero-order valence-corrected chi connectivity index (χ0v) is 21.7. The fourth-order valence-electron chi connectivity index (χ4n) is 4.31. The molecule has 176 valence electrons. The van der Waals surface area contributed by atoms with Crippen LogP contribution in [0.1, 0.15) is 13.3 Å². The number of anilines is 1. The zero-order chi connectivity index (χ0) is 21.2. The molecule has 0 aromatic heterocycles. The Hall–Kier alpha value is -1.10. The molecule has 0 aliphatic carbocycles. The monoisotopic (exact) mass is 545 g/mol. The number of halogens is 1. The molecule has 3 rings (SSSR count). The van der Waals surface area contributed by atoms with Crippen molar-refractivity contribution in [2.45, 2.75) is 19.4 Å². The van der Waals surface area contributed by atoms with Crippen LogP contribution in [0, 0.1) is 5.92 Å². The van der Waals surface area contributed by atoms with Crippen molar-refractivity contribution in [1.29, 1.82) is 0 Å². The third-order valence-corrected chi connectivity index (χ3v) is 6.20. The first-order valence-electron chi connectivity index (χ1n) is 11.3. The Kier molecular flexibility index (Phi) is 11.9. The highest BCUT2D eigenvalue weighted by molar-refractivity contribution is 14.0. The second kappa shape index (κ2) is 14.1. The summed E-state index contributed by atoms with van der Waals surface area (Å²) in [6.45, 7) is 11.8. The van der Waals surface area contributed by atoms with Gasteiger partial charge in [-0.1, -0.05) is 18.2 Å². The van der Waals surface area contributed by atoms with Gasteiger partial charge in [0, 0.05) is 77.6 Å². The van der Waals surface area contributed by atoms with Gasteiger partial charge in [0.1, 0.15) is 0 Å². The molecule has 2 unspecified atom stereocenters. The molecular formula is C23H40IN5O2. The van der Waals surface area contributed by atoms with Crippen LogP contribution in [0.15, 0.2) is 35.3 Å². The summed E-state index contributed by atoms with van der Waals surface area (Å²) in [7, 11) is 3.59. The topological polar surface area (TPSA) is 52.6 Å². The zero-order valence-electron chi connectivity index (χ0n) is 19.3. The maximum atomic E-state index is 5.72. The fourth-order valence-corrected chi connectivity index (χ4v) is 4.31. The van der Waals surface area contributed by atoms with Crippen molar-refractivity contribution in [3.05, 3.63) is 30.3 Å². The number of guanidine groups is 1. The van der Waals surface area contributed by atoms with Crippen LogP contribution in [0.5, 0.6) is 0 Å². The molecule has 2 heterocycles. The number of aliphatic imine (C=N–C) groups is 1. The van der Waals surface area contributed by atoms with Crippen LogP contribution in [0.4, 0.5) is 5.69 Å². The molecule has 2 saturated heterocycles. The first-order chi connectivity index (χ1) is 14.7. The first-order valence-corrected chi connectivity index (χ1v) is 11.3. The van der Waals surface area contributed by atoms with Crippen LogP contribution < -0.4 is 10.2 Å². The van der Waals surface area contributed by atoms with E-state index >= 15 is 0 Å². The molecule has 2 fully saturated rings. The van der Waals surface area contributed by atoms with Crippen molar-refractivity contribution in [2.24, 2.45) is 10.9 Å². The summed E-state index contributed by atoms with van der Waals surface area (Å²) < 4.78 is 10.8. The lowest BCUT2D eigenvalue weighted by Crippen LogP contribution is -2.53. The molecule has 1 aromatic rings. The van der Waals surface area contributed by atoms with Crippen LogP contribution in [0.3, 0.4) is 0 Å². The lowest BCUT2D eigenvalue weighted by atomic mass is 10.1. The van der Waals surface area contributed by atoms with E-state index in [0.717, 1.165) is 64.8 Å². The number of methoxy groups -OCH3 is 1. The molecule has 0 saturated carbocycles. The fraction of sp³-hybridized carbons (Fsp3) is 0.696. The number of hydrogen-bond acceptors (Lipinski definition) is 5. The predicted molar refractivity (Wildman–Crippen MR) is 139 cm³/mol. The van der Waals surface area contributed by atoms with Gasteiger partial charge < -0.3 is 24.6 Å². The summed E-state index contributed by atoms with van der Waals surface area (Å²) in [6.07, 6.45) is 1.16. The first kappa shape index (κ1) is 26.2. The van der Waals surface area contributed by atoms with E-state index in [9.17, 15) is 0 Å². The van der Waals surface area contributed by atoms with Crippen molar-refractivity contribution in [2.75, 3.05) is 84.7 Å². The molecule has 1 aromatic carbocycles. The van der Waals surface area contributed by atoms with E-state index in [1.807, 2.05) is 7.05 Å². The van der Waals surface area contributed by atoms with Gasteiger partial charge in [0.15, 0.2) is 5.96 Å². The van der Waals surface area contributed by atoms with Crippen LogP contribution in [-0.2, 0) is 9.47 Å². The quantitative estimate of drug-likeness (QED) is 0.223. The van der Waals surface area contributed by atoms with Gasteiger partial charge in [0.25, 0.3) is 0 Å². The second-order valence-corrected chi connectivity index (χ2v) is 8.30. The number of likely N-dealkylation sites (tertiary alicyclic amines) is 1. The minimum absolute atomic E-state index is 0. The van der Waals surface area contributed by atoms with Gasteiger partial charge in [-0.05, 0) is 25.5 Å². The highest BCUT2D eigenvalue weighted by Crippen LogP contribution is 2.18. The molecule has 0 spiro atoms. The highest BCUT2D eigenvalue weighted by atomic mass is 127. The van der Waals surface area contributed by atoms with Crippen molar-refractivity contribution in [1.82, 2.24) is 15.1 Å². The maximum absolute atomic E-state index is 5.72. The molecule has 8 heteroatoms. The minimum Gasteiger partial charge on any atom is -0.382 e. The van der Waals surface area contributed by atoms with Crippen molar-refractivity contribution >= 4 is 35.6 Å². The van der Waals surface area contributed by atoms with Crippen LogP contribution in [-0.4, -0.2) is 102 Å². The van der Waals surface area contributed by atoms with E-state index in [-0.39, 0.29) is 24.0 Å². The number of hydrogen-bond donors (Lipinski definition) is 1. The summed E-state index contributed by atoms with van der Waals surface area (Å²) in [5.74, 6) is 1.59. The van der Waals surface area contributed by atoms with E-state index in [2.05, 4.69) is 62.3 Å². The maximum Gasteiger partial charge on any atom is 0.193 e. The number of ether oxygens (including phenoxy) is 2. The minimum atomic E-state index is 0. The Balaban J connectivity index is 0.00000341. The van der Waals surface area contributed by atoms with Gasteiger partial charge in [-0.25, -0.2) is 0 Å². The predicted octanol–water partition coefficient (Wildman–Crippen LogP) is 2.38. The number of rotatable bonds is 9. The Bertz CT molecular complexity index is 640. The van der Waals surface area contributed by atoms with Crippen molar-refractivity contribution in [3.63, 3.8) is 0 Å². The van der Waals surface area contributed by atoms with Crippen LogP contribution >= 0.6 is 24.0 Å². The highest BCUT2D eigenvalue weighted by Gasteiger charge is 2.26. The van der Waals surface area contributed by atoms with Gasteiger partial charge in [-0.15, -0.1) is 24.0 Å². The standard InChI is InChI=1S/C23H39N5O2.HI/c1-20(26-11-13-27(14-12-26)22-7-5-4-6-8-22)17-25-23(24-2)28-10-9-21(18-28)19-30-16-15-29-3;/h4-8,20-21H,9-19H2,1-3H3,(H,24,25);1H. The number of para-hydroxylation sites is 1. The normalized spacial score (nSPS) is 21.1.